The van der Waals surface area contributed by atoms with E-state index in [0.717, 1.165) is 55.4 Å². The van der Waals surface area contributed by atoms with E-state index < -0.39 is 0 Å². The molecule has 1 aliphatic rings. The minimum Gasteiger partial charge on any atom is -0.357 e. The van der Waals surface area contributed by atoms with Crippen molar-refractivity contribution in [3.63, 3.8) is 0 Å². The lowest BCUT2D eigenvalue weighted by molar-refractivity contribution is 0.319. The molecule has 1 atom stereocenters. The third-order valence-corrected chi connectivity index (χ3v) is 5.69. The van der Waals surface area contributed by atoms with Gasteiger partial charge in [0.25, 0.3) is 0 Å². The number of guanidine groups is 1. The Hall–Kier alpha value is -0.370. The van der Waals surface area contributed by atoms with Crippen LogP contribution in [0.3, 0.4) is 0 Å². The van der Waals surface area contributed by atoms with Crippen molar-refractivity contribution in [1.82, 2.24) is 15.2 Å². The summed E-state index contributed by atoms with van der Waals surface area (Å²) in [5.41, 5.74) is 1.17. The highest BCUT2D eigenvalue weighted by Gasteiger charge is 2.29. The third-order valence-electron chi connectivity index (χ3n) is 4.87. The van der Waals surface area contributed by atoms with Crippen LogP contribution in [0.4, 0.5) is 0 Å². The minimum absolute atomic E-state index is 0. The van der Waals surface area contributed by atoms with Crippen LogP contribution in [0.15, 0.2) is 10.4 Å². The predicted octanol–water partition coefficient (Wildman–Crippen LogP) is 4.34. The van der Waals surface area contributed by atoms with Crippen LogP contribution in [0.1, 0.15) is 50.7 Å². The van der Waals surface area contributed by atoms with Crippen LogP contribution in [0.25, 0.3) is 0 Å². The molecular formula is C18H33IN4S. The molecule has 6 heteroatoms. The number of aliphatic imine (C=N–C) groups is 1. The van der Waals surface area contributed by atoms with E-state index in [9.17, 15) is 0 Å². The van der Waals surface area contributed by atoms with Crippen LogP contribution in [0, 0.1) is 18.8 Å². The van der Waals surface area contributed by atoms with Gasteiger partial charge in [-0.05, 0) is 32.1 Å². The maximum atomic E-state index is 4.84. The number of aryl methyl sites for hydroxylation is 1. The molecule has 1 fully saturated rings. The Balaban J connectivity index is 0.00000288. The number of hydrogen-bond donors (Lipinski definition) is 1. The van der Waals surface area contributed by atoms with Crippen LogP contribution in [0.2, 0.25) is 0 Å². The summed E-state index contributed by atoms with van der Waals surface area (Å²) in [5, 5.41) is 6.76. The second-order valence-corrected chi connectivity index (χ2v) is 7.48. The minimum atomic E-state index is 0. The molecule has 1 aliphatic heterocycles. The maximum absolute atomic E-state index is 4.84. The lowest BCUT2D eigenvalue weighted by Gasteiger charge is -2.24. The summed E-state index contributed by atoms with van der Waals surface area (Å²) in [5.74, 6) is 2.78. The summed E-state index contributed by atoms with van der Waals surface area (Å²) in [4.78, 5) is 11.8. The Morgan fingerprint density at radius 1 is 1.42 bits per heavy atom. The highest BCUT2D eigenvalue weighted by Crippen LogP contribution is 2.28. The maximum Gasteiger partial charge on any atom is 0.193 e. The van der Waals surface area contributed by atoms with Gasteiger partial charge in [-0.1, -0.05) is 26.7 Å². The van der Waals surface area contributed by atoms with Crippen molar-refractivity contribution in [3.8, 4) is 0 Å². The van der Waals surface area contributed by atoms with Crippen molar-refractivity contribution in [3.05, 3.63) is 16.1 Å². The average Bonchev–Trinajstić information content (AvgIpc) is 3.17. The summed E-state index contributed by atoms with van der Waals surface area (Å²) in [6.07, 6.45) is 4.84. The quantitative estimate of drug-likeness (QED) is 0.371. The summed E-state index contributed by atoms with van der Waals surface area (Å²) in [6, 6.07) is 0. The molecule has 24 heavy (non-hydrogen) atoms. The van der Waals surface area contributed by atoms with E-state index in [4.69, 9.17) is 4.99 Å². The summed E-state index contributed by atoms with van der Waals surface area (Å²) in [7, 11) is 0. The van der Waals surface area contributed by atoms with Gasteiger partial charge in [0.1, 0.15) is 0 Å². The van der Waals surface area contributed by atoms with Gasteiger partial charge in [0.05, 0.1) is 10.7 Å². The number of nitrogens with zero attached hydrogens (tertiary/aromatic N) is 3. The molecule has 0 amide bonds. The number of hydrogen-bond acceptors (Lipinski definition) is 3. The predicted molar refractivity (Wildman–Crippen MR) is 116 cm³/mol. The van der Waals surface area contributed by atoms with Crippen LogP contribution in [0.5, 0.6) is 0 Å². The fourth-order valence-corrected chi connectivity index (χ4v) is 4.19. The Kier molecular flexibility index (Phi) is 10.2. The summed E-state index contributed by atoms with van der Waals surface area (Å²) in [6.45, 7) is 12.9. The van der Waals surface area contributed by atoms with E-state index in [1.54, 1.807) is 11.3 Å². The first kappa shape index (κ1) is 21.7. The first-order chi connectivity index (χ1) is 11.2. The molecule has 0 radical (unpaired) electrons. The smallest absolute Gasteiger partial charge is 0.193 e. The van der Waals surface area contributed by atoms with Crippen LogP contribution in [-0.2, 0) is 6.42 Å². The molecular weight excluding hydrogens is 431 g/mol. The van der Waals surface area contributed by atoms with E-state index in [2.05, 4.69) is 48.3 Å². The molecule has 4 nitrogen and oxygen atoms in total. The van der Waals surface area contributed by atoms with E-state index >= 15 is 0 Å². The van der Waals surface area contributed by atoms with Crippen LogP contribution in [-0.4, -0.2) is 42.0 Å². The first-order valence-corrected chi connectivity index (χ1v) is 10.00. The zero-order valence-corrected chi connectivity index (χ0v) is 18.7. The highest BCUT2D eigenvalue weighted by molar-refractivity contribution is 14.0. The highest BCUT2D eigenvalue weighted by atomic mass is 127. The number of likely N-dealkylation sites (tertiary alicyclic amines) is 1. The van der Waals surface area contributed by atoms with Crippen molar-refractivity contribution >= 4 is 41.3 Å². The van der Waals surface area contributed by atoms with Gasteiger partial charge >= 0.3 is 0 Å². The van der Waals surface area contributed by atoms with E-state index in [0.29, 0.717) is 0 Å². The molecule has 138 valence electrons. The van der Waals surface area contributed by atoms with Crippen molar-refractivity contribution in [2.24, 2.45) is 16.8 Å². The number of halogens is 1. The number of nitrogens with one attached hydrogen (secondary N) is 1. The van der Waals surface area contributed by atoms with Gasteiger partial charge in [0.2, 0.25) is 0 Å². The Bertz CT molecular complexity index is 499. The molecule has 0 bridgehead atoms. The largest absolute Gasteiger partial charge is 0.357 e. The van der Waals surface area contributed by atoms with E-state index in [1.807, 2.05) is 0 Å². The fraction of sp³-hybridized carbons (Fsp3) is 0.778. The second-order valence-electron chi connectivity index (χ2n) is 6.41. The topological polar surface area (TPSA) is 40.5 Å². The van der Waals surface area contributed by atoms with Crippen LogP contribution >= 0.6 is 35.3 Å². The normalized spacial score (nSPS) is 18.1. The van der Waals surface area contributed by atoms with Gasteiger partial charge < -0.3 is 10.2 Å². The average molecular weight is 464 g/mol. The molecule has 2 rings (SSSR count). The first-order valence-electron chi connectivity index (χ1n) is 9.12. The zero-order chi connectivity index (χ0) is 16.7. The lowest BCUT2D eigenvalue weighted by Crippen LogP contribution is -2.40. The van der Waals surface area contributed by atoms with Crippen molar-refractivity contribution in [2.45, 2.75) is 53.4 Å². The monoisotopic (exact) mass is 464 g/mol. The molecule has 1 aromatic heterocycles. The molecule has 0 aliphatic carbocycles. The van der Waals surface area contributed by atoms with Crippen molar-refractivity contribution < 1.29 is 0 Å². The Morgan fingerprint density at radius 3 is 2.75 bits per heavy atom. The molecule has 2 heterocycles. The standard InChI is InChI=1S/C18H32N4S.HI/c1-5-15(6-2)16-9-11-22(12-16)18(19-7-3)20-10-8-17-13-23-14(4)21-17;/h13,15-16H,5-12H2,1-4H3,(H,19,20);1H. The van der Waals surface area contributed by atoms with Crippen molar-refractivity contribution in [1.29, 1.82) is 0 Å². The Morgan fingerprint density at radius 2 is 2.17 bits per heavy atom. The third kappa shape index (κ3) is 6.17. The van der Waals surface area contributed by atoms with E-state index in [1.165, 1.54) is 25.0 Å². The van der Waals surface area contributed by atoms with Crippen LogP contribution < -0.4 is 5.32 Å². The molecule has 1 N–H and O–H groups in total. The van der Waals surface area contributed by atoms with Gasteiger partial charge in [-0.3, -0.25) is 4.99 Å². The number of rotatable bonds is 7. The van der Waals surface area contributed by atoms with Gasteiger partial charge in [-0.2, -0.15) is 0 Å². The van der Waals surface area contributed by atoms with Crippen molar-refractivity contribution in [2.75, 3.05) is 26.2 Å². The molecule has 1 unspecified atom stereocenters. The molecule has 0 spiro atoms. The molecule has 0 saturated carbocycles. The molecule has 0 aromatic carbocycles. The molecule has 1 aromatic rings. The molecule has 1 saturated heterocycles. The van der Waals surface area contributed by atoms with Gasteiger partial charge in [-0.15, -0.1) is 35.3 Å². The number of aromatic nitrogens is 1. The summed E-state index contributed by atoms with van der Waals surface area (Å²) < 4.78 is 0. The fourth-order valence-electron chi connectivity index (χ4n) is 3.55. The Labute approximate surface area is 168 Å². The zero-order valence-electron chi connectivity index (χ0n) is 15.5. The SMILES string of the molecule is CCNC(=NCCc1csc(C)n1)N1CCC(C(CC)CC)C1.I. The summed E-state index contributed by atoms with van der Waals surface area (Å²) >= 11 is 1.72. The van der Waals surface area contributed by atoms with Gasteiger partial charge in [0.15, 0.2) is 5.96 Å². The van der Waals surface area contributed by atoms with Gasteiger partial charge in [-0.25, -0.2) is 4.98 Å². The lowest BCUT2D eigenvalue weighted by atomic mass is 9.87. The van der Waals surface area contributed by atoms with Gasteiger partial charge in [0, 0.05) is 38.0 Å². The number of thiazole rings is 1. The van der Waals surface area contributed by atoms with E-state index in [-0.39, 0.29) is 24.0 Å². The second kappa shape index (κ2) is 11.3.